The zero-order chi connectivity index (χ0) is 14.1. The summed E-state index contributed by atoms with van der Waals surface area (Å²) in [7, 11) is -4.27. The maximum absolute atomic E-state index is 12.7. The van der Waals surface area contributed by atoms with Crippen molar-refractivity contribution in [1.82, 2.24) is 4.72 Å². The summed E-state index contributed by atoms with van der Waals surface area (Å²) < 4.78 is 63.6. The normalized spacial score (nSPS) is 13.0. The lowest BCUT2D eigenvalue weighted by atomic mass is 10.2. The van der Waals surface area contributed by atoms with Crippen molar-refractivity contribution in [2.75, 3.05) is 0 Å². The molecular weight excluding hydrogens is 271 g/mol. The molecule has 0 atom stereocenters. The number of aromatic hydroxyl groups is 1. The van der Waals surface area contributed by atoms with E-state index in [1.54, 1.807) is 0 Å². The van der Waals surface area contributed by atoms with Crippen LogP contribution >= 0.6 is 0 Å². The SMILES string of the molecule is CC(C)NS(=O)(=O)c1ccc(O)cc1C(F)(F)F. The number of hydrogen-bond donors (Lipinski definition) is 2. The third kappa shape index (κ3) is 3.36. The van der Waals surface area contributed by atoms with E-state index < -0.39 is 38.4 Å². The van der Waals surface area contributed by atoms with E-state index in [0.29, 0.717) is 6.07 Å². The number of hydrogen-bond acceptors (Lipinski definition) is 3. The van der Waals surface area contributed by atoms with Crippen molar-refractivity contribution in [2.24, 2.45) is 0 Å². The maximum atomic E-state index is 12.7. The summed E-state index contributed by atoms with van der Waals surface area (Å²) in [5.74, 6) is -0.647. The Balaban J connectivity index is 3.42. The van der Waals surface area contributed by atoms with E-state index in [-0.39, 0.29) is 0 Å². The van der Waals surface area contributed by atoms with Crippen LogP contribution in [0.15, 0.2) is 23.1 Å². The van der Waals surface area contributed by atoms with Gasteiger partial charge in [0.2, 0.25) is 10.0 Å². The van der Waals surface area contributed by atoms with E-state index in [4.69, 9.17) is 5.11 Å². The fourth-order valence-corrected chi connectivity index (χ4v) is 2.81. The summed E-state index contributed by atoms with van der Waals surface area (Å²) in [6.45, 7) is 2.98. The quantitative estimate of drug-likeness (QED) is 0.892. The van der Waals surface area contributed by atoms with Crippen molar-refractivity contribution in [3.63, 3.8) is 0 Å². The molecule has 0 spiro atoms. The third-order valence-corrected chi connectivity index (χ3v) is 3.67. The number of halogens is 3. The first kappa shape index (κ1) is 14.8. The van der Waals surface area contributed by atoms with E-state index in [0.717, 1.165) is 12.1 Å². The second-order valence-corrected chi connectivity index (χ2v) is 5.64. The number of alkyl halides is 3. The summed E-state index contributed by atoms with van der Waals surface area (Å²) >= 11 is 0. The highest BCUT2D eigenvalue weighted by Gasteiger charge is 2.37. The molecule has 0 bridgehead atoms. The van der Waals surface area contributed by atoms with E-state index in [1.807, 2.05) is 0 Å². The predicted octanol–water partition coefficient (Wildman–Crippen LogP) is 2.10. The average Bonchev–Trinajstić information content (AvgIpc) is 2.13. The Morgan fingerprint density at radius 2 is 1.83 bits per heavy atom. The monoisotopic (exact) mass is 283 g/mol. The van der Waals surface area contributed by atoms with Gasteiger partial charge in [0.1, 0.15) is 5.75 Å². The Morgan fingerprint density at radius 1 is 1.28 bits per heavy atom. The molecule has 0 saturated heterocycles. The van der Waals surface area contributed by atoms with E-state index in [2.05, 4.69) is 4.72 Å². The molecule has 102 valence electrons. The molecule has 0 heterocycles. The van der Waals surface area contributed by atoms with Crippen LogP contribution in [0.2, 0.25) is 0 Å². The highest BCUT2D eigenvalue weighted by molar-refractivity contribution is 7.89. The number of rotatable bonds is 3. The van der Waals surface area contributed by atoms with Crippen LogP contribution < -0.4 is 4.72 Å². The summed E-state index contributed by atoms with van der Waals surface area (Å²) in [5.41, 5.74) is -1.39. The van der Waals surface area contributed by atoms with Gasteiger partial charge in [0.05, 0.1) is 10.5 Å². The van der Waals surface area contributed by atoms with Gasteiger partial charge in [-0.25, -0.2) is 13.1 Å². The molecule has 0 aromatic heterocycles. The summed E-state index contributed by atoms with van der Waals surface area (Å²) in [6.07, 6.45) is -4.86. The van der Waals surface area contributed by atoms with Crippen LogP contribution in [0.1, 0.15) is 19.4 Å². The molecule has 4 nitrogen and oxygen atoms in total. The van der Waals surface area contributed by atoms with E-state index in [9.17, 15) is 21.6 Å². The van der Waals surface area contributed by atoms with Gasteiger partial charge in [0, 0.05) is 6.04 Å². The minimum Gasteiger partial charge on any atom is -0.508 e. The molecule has 0 unspecified atom stereocenters. The molecule has 0 saturated carbocycles. The average molecular weight is 283 g/mol. The summed E-state index contributed by atoms with van der Waals surface area (Å²) in [5, 5.41) is 9.03. The highest BCUT2D eigenvalue weighted by Crippen LogP contribution is 2.36. The minimum absolute atomic E-state index is 0.384. The lowest BCUT2D eigenvalue weighted by Gasteiger charge is -2.15. The van der Waals surface area contributed by atoms with Crippen LogP contribution in [0.3, 0.4) is 0 Å². The molecule has 8 heteroatoms. The third-order valence-electron chi connectivity index (χ3n) is 1.95. The fourth-order valence-electron chi connectivity index (χ4n) is 1.35. The van der Waals surface area contributed by atoms with Crippen LogP contribution in [-0.4, -0.2) is 19.6 Å². The van der Waals surface area contributed by atoms with Crippen molar-refractivity contribution < 1.29 is 26.7 Å². The van der Waals surface area contributed by atoms with Crippen LogP contribution in [0.25, 0.3) is 0 Å². The van der Waals surface area contributed by atoms with Crippen molar-refractivity contribution in [3.8, 4) is 5.75 Å². The highest BCUT2D eigenvalue weighted by atomic mass is 32.2. The lowest BCUT2D eigenvalue weighted by Crippen LogP contribution is -2.31. The molecule has 0 amide bonds. The molecule has 0 radical (unpaired) electrons. The Kier molecular flexibility index (Phi) is 3.92. The van der Waals surface area contributed by atoms with Gasteiger partial charge in [-0.3, -0.25) is 0 Å². The Bertz CT molecular complexity index is 538. The second kappa shape index (κ2) is 4.77. The van der Waals surface area contributed by atoms with Gasteiger partial charge in [-0.15, -0.1) is 0 Å². The van der Waals surface area contributed by atoms with Crippen molar-refractivity contribution in [2.45, 2.75) is 31.0 Å². The zero-order valence-electron chi connectivity index (χ0n) is 9.62. The van der Waals surface area contributed by atoms with Gasteiger partial charge >= 0.3 is 6.18 Å². The minimum atomic E-state index is -4.86. The molecule has 1 rings (SSSR count). The topological polar surface area (TPSA) is 66.4 Å². The lowest BCUT2D eigenvalue weighted by molar-refractivity contribution is -0.140. The molecule has 0 aliphatic rings. The van der Waals surface area contributed by atoms with Crippen molar-refractivity contribution in [1.29, 1.82) is 0 Å². The smallest absolute Gasteiger partial charge is 0.417 e. The van der Waals surface area contributed by atoms with E-state index >= 15 is 0 Å². The van der Waals surface area contributed by atoms with Gasteiger partial charge in [0.15, 0.2) is 0 Å². The Labute approximate surface area is 102 Å². The number of phenols is 1. The fraction of sp³-hybridized carbons (Fsp3) is 0.400. The van der Waals surface area contributed by atoms with E-state index in [1.165, 1.54) is 13.8 Å². The molecule has 18 heavy (non-hydrogen) atoms. The number of nitrogens with one attached hydrogen (secondary N) is 1. The van der Waals surface area contributed by atoms with Crippen LogP contribution in [0.4, 0.5) is 13.2 Å². The molecular formula is C10H12F3NO3S. The Hall–Kier alpha value is -1.28. The first-order valence-electron chi connectivity index (χ1n) is 4.96. The maximum Gasteiger partial charge on any atom is 0.417 e. The van der Waals surface area contributed by atoms with Crippen LogP contribution in [0, 0.1) is 0 Å². The molecule has 1 aromatic carbocycles. The molecule has 2 N–H and O–H groups in total. The van der Waals surface area contributed by atoms with Crippen molar-refractivity contribution in [3.05, 3.63) is 23.8 Å². The summed E-state index contributed by atoms with van der Waals surface area (Å²) in [6, 6.07) is 1.46. The first-order valence-corrected chi connectivity index (χ1v) is 6.45. The molecule has 0 aliphatic heterocycles. The zero-order valence-corrected chi connectivity index (χ0v) is 10.4. The molecule has 0 fully saturated rings. The van der Waals surface area contributed by atoms with Gasteiger partial charge in [-0.05, 0) is 32.0 Å². The first-order chi connectivity index (χ1) is 8.04. The van der Waals surface area contributed by atoms with Gasteiger partial charge in [-0.2, -0.15) is 13.2 Å². The van der Waals surface area contributed by atoms with Gasteiger partial charge in [0.25, 0.3) is 0 Å². The Morgan fingerprint density at radius 3 is 2.28 bits per heavy atom. The van der Waals surface area contributed by atoms with Crippen molar-refractivity contribution >= 4 is 10.0 Å². The molecule has 0 aliphatic carbocycles. The standard InChI is InChI=1S/C10H12F3NO3S/c1-6(2)14-18(16,17)9-4-3-7(15)5-8(9)10(11,12)13/h3-6,14-15H,1-2H3. The van der Waals surface area contributed by atoms with Gasteiger partial charge in [-0.1, -0.05) is 0 Å². The predicted molar refractivity (Wildman–Crippen MR) is 58.6 cm³/mol. The number of phenolic OH excluding ortho intramolecular Hbond substituents is 1. The second-order valence-electron chi connectivity index (χ2n) is 3.95. The number of benzene rings is 1. The van der Waals surface area contributed by atoms with Gasteiger partial charge < -0.3 is 5.11 Å². The largest absolute Gasteiger partial charge is 0.508 e. The van der Waals surface area contributed by atoms with Crippen LogP contribution in [0.5, 0.6) is 5.75 Å². The van der Waals surface area contributed by atoms with Crippen LogP contribution in [-0.2, 0) is 16.2 Å². The number of sulfonamides is 1. The molecule has 1 aromatic rings. The summed E-state index contributed by atoms with van der Waals surface area (Å²) in [4.78, 5) is -0.901.